The third kappa shape index (κ3) is 18.5. The van der Waals surface area contributed by atoms with Gasteiger partial charge >= 0.3 is 5.97 Å². The van der Waals surface area contributed by atoms with Crippen LogP contribution in [-0.4, -0.2) is 155 Å². The van der Waals surface area contributed by atoms with Gasteiger partial charge in [0.2, 0.25) is 0 Å². The second-order valence-corrected chi connectivity index (χ2v) is 17.6. The minimum atomic E-state index is -2.08. The maximum absolute atomic E-state index is 12.6. The third-order valence-electron chi connectivity index (χ3n) is 12.1. The summed E-state index contributed by atoms with van der Waals surface area (Å²) in [6, 6.07) is -1.05. The topological polar surface area (TPSA) is 282 Å². The standard InChI is InChI=1S/C47H75NO15/c1-28-18-16-14-12-10-8-6-7-9-11-13-15-17-19-36(62-46-45(58)42(48)44(57)32(5)61-46)25-40-30(3)38(53)26-47(59,63-40)27-39(54)37(52)21-20-33(49)22-34(50)23-35(51)24-41(55)60-31(4)29(2)43(28)56/h6-19,28-40,42-46,49-54,56-59H,20-27,48H2,1-5H3/b7-6+,10-8+,11-9+,14-12+,15-13+,18-16+,19-17+/t28-,29-,30+,31-,32?,33?,34?,35+,36-,37+,38-,39+,40?,42?,43+,44?,45?,46?,47-/m0/s1. The fraction of sp³-hybridized carbons (Fsp3) is 0.681. The smallest absolute Gasteiger partial charge is 0.308 e. The van der Waals surface area contributed by atoms with Crippen LogP contribution in [0.2, 0.25) is 0 Å². The van der Waals surface area contributed by atoms with Crippen LogP contribution in [-0.2, 0) is 23.7 Å². The van der Waals surface area contributed by atoms with Gasteiger partial charge in [0.05, 0.1) is 79.6 Å². The highest BCUT2D eigenvalue weighted by Crippen LogP contribution is 2.38. The largest absolute Gasteiger partial charge is 0.462 e. The Hall–Kier alpha value is -2.91. The molecule has 0 radical (unpaired) electrons. The lowest BCUT2D eigenvalue weighted by Gasteiger charge is -2.46. The van der Waals surface area contributed by atoms with Crippen LogP contribution in [0.15, 0.2) is 85.1 Å². The van der Waals surface area contributed by atoms with E-state index in [-0.39, 0.29) is 44.4 Å². The maximum atomic E-state index is 12.6. The molecular formula is C47H75NO15. The van der Waals surface area contributed by atoms with E-state index < -0.39 is 128 Å². The Morgan fingerprint density at radius 3 is 1.75 bits per heavy atom. The van der Waals surface area contributed by atoms with Gasteiger partial charge in [-0.2, -0.15) is 0 Å². The van der Waals surface area contributed by atoms with E-state index in [0.717, 1.165) is 0 Å². The first-order chi connectivity index (χ1) is 29.7. The average molecular weight is 894 g/mol. The molecule has 0 aromatic heterocycles. The van der Waals surface area contributed by atoms with E-state index in [0.29, 0.717) is 0 Å². The Labute approximate surface area is 372 Å². The molecule has 19 atom stereocenters. The predicted molar refractivity (Wildman–Crippen MR) is 235 cm³/mol. The number of carbonyl (C=O) groups excluding carboxylic acids is 1. The van der Waals surface area contributed by atoms with Crippen molar-refractivity contribution in [3.8, 4) is 0 Å². The fourth-order valence-corrected chi connectivity index (χ4v) is 7.79. The number of esters is 1. The molecule has 63 heavy (non-hydrogen) atoms. The summed E-state index contributed by atoms with van der Waals surface area (Å²) in [5.74, 6) is -4.01. The quantitative estimate of drug-likeness (QED) is 0.176. The second-order valence-electron chi connectivity index (χ2n) is 17.6. The summed E-state index contributed by atoms with van der Waals surface area (Å²) in [4.78, 5) is 12.6. The van der Waals surface area contributed by atoms with Crippen molar-refractivity contribution < 1.29 is 74.8 Å². The number of ether oxygens (including phenoxy) is 4. The summed E-state index contributed by atoms with van der Waals surface area (Å²) >= 11 is 0. The molecule has 12 N–H and O–H groups in total. The molecule has 2 bridgehead atoms. The van der Waals surface area contributed by atoms with Crippen LogP contribution in [0.5, 0.6) is 0 Å². The summed E-state index contributed by atoms with van der Waals surface area (Å²) < 4.78 is 23.5. The number of hydrogen-bond donors (Lipinski definition) is 11. The number of aliphatic hydroxyl groups excluding tert-OH is 9. The Kier molecular flexibility index (Phi) is 23.2. The summed E-state index contributed by atoms with van der Waals surface area (Å²) in [6.07, 6.45) is 8.08. The number of aliphatic hydroxyl groups is 10. The van der Waals surface area contributed by atoms with Gasteiger partial charge in [0.15, 0.2) is 12.1 Å². The van der Waals surface area contributed by atoms with Gasteiger partial charge in [0, 0.05) is 37.0 Å². The molecule has 3 aliphatic heterocycles. The van der Waals surface area contributed by atoms with Crippen LogP contribution in [0.4, 0.5) is 0 Å². The summed E-state index contributed by atoms with van der Waals surface area (Å²) in [6.45, 7) is 8.60. The van der Waals surface area contributed by atoms with Crippen molar-refractivity contribution in [3.05, 3.63) is 85.1 Å². The number of carbonyl (C=O) groups is 1. The third-order valence-corrected chi connectivity index (χ3v) is 12.1. The van der Waals surface area contributed by atoms with Gasteiger partial charge < -0.3 is 75.7 Å². The molecule has 3 heterocycles. The summed E-state index contributed by atoms with van der Waals surface area (Å²) in [5, 5.41) is 108. The number of rotatable bonds is 2. The molecule has 2 saturated heterocycles. The number of nitrogens with two attached hydrogens (primary N) is 1. The Morgan fingerprint density at radius 1 is 0.603 bits per heavy atom. The molecule has 16 nitrogen and oxygen atoms in total. The highest BCUT2D eigenvalue weighted by molar-refractivity contribution is 5.70. The lowest BCUT2D eigenvalue weighted by Crippen LogP contribution is -2.61. The Morgan fingerprint density at radius 2 is 1.14 bits per heavy atom. The summed E-state index contributed by atoms with van der Waals surface area (Å²) in [7, 11) is 0. The van der Waals surface area contributed by atoms with Crippen molar-refractivity contribution in [2.45, 2.75) is 183 Å². The molecule has 8 unspecified atom stereocenters. The number of fused-ring (bicyclic) bond motifs is 2. The van der Waals surface area contributed by atoms with E-state index in [1.807, 2.05) is 61.6 Å². The van der Waals surface area contributed by atoms with Gasteiger partial charge in [-0.3, -0.25) is 4.79 Å². The van der Waals surface area contributed by atoms with Gasteiger partial charge in [-0.25, -0.2) is 0 Å². The minimum absolute atomic E-state index is 0.0428. The van der Waals surface area contributed by atoms with Crippen molar-refractivity contribution in [2.24, 2.45) is 23.5 Å². The van der Waals surface area contributed by atoms with Crippen molar-refractivity contribution >= 4 is 5.97 Å². The molecule has 358 valence electrons. The van der Waals surface area contributed by atoms with Gasteiger partial charge in [-0.1, -0.05) is 106 Å². The fourth-order valence-electron chi connectivity index (χ4n) is 7.79. The van der Waals surface area contributed by atoms with Crippen LogP contribution in [0.25, 0.3) is 0 Å². The second kappa shape index (κ2) is 26.9. The zero-order valence-electron chi connectivity index (χ0n) is 37.2. The van der Waals surface area contributed by atoms with Gasteiger partial charge in [-0.15, -0.1) is 0 Å². The van der Waals surface area contributed by atoms with Crippen LogP contribution in [0.3, 0.4) is 0 Å². The number of hydrogen-bond acceptors (Lipinski definition) is 16. The van der Waals surface area contributed by atoms with Crippen LogP contribution >= 0.6 is 0 Å². The van der Waals surface area contributed by atoms with E-state index in [2.05, 4.69) is 0 Å². The Balaban J connectivity index is 1.81. The molecule has 0 aromatic rings. The first-order valence-corrected chi connectivity index (χ1v) is 22.2. The van der Waals surface area contributed by atoms with E-state index in [4.69, 9.17) is 24.7 Å². The normalized spacial score (nSPS) is 46.6. The van der Waals surface area contributed by atoms with E-state index in [1.54, 1.807) is 58.1 Å². The molecule has 3 rings (SSSR count). The predicted octanol–water partition coefficient (Wildman–Crippen LogP) is 1.65. The molecule has 0 amide bonds. The van der Waals surface area contributed by atoms with E-state index in [1.165, 1.54) is 0 Å². The number of cyclic esters (lactones) is 1. The average Bonchev–Trinajstić information content (AvgIpc) is 3.21. The van der Waals surface area contributed by atoms with Crippen LogP contribution < -0.4 is 5.73 Å². The first-order valence-electron chi connectivity index (χ1n) is 22.2. The Bertz CT molecular complexity index is 1570. The molecule has 3 aliphatic rings. The van der Waals surface area contributed by atoms with Gasteiger partial charge in [0.1, 0.15) is 12.2 Å². The lowest BCUT2D eigenvalue weighted by molar-refractivity contribution is -0.310. The van der Waals surface area contributed by atoms with Crippen molar-refractivity contribution in [1.29, 1.82) is 0 Å². The molecular weight excluding hydrogens is 819 g/mol. The lowest BCUT2D eigenvalue weighted by atomic mass is 9.83. The first kappa shape index (κ1) is 54.4. The highest BCUT2D eigenvalue weighted by Gasteiger charge is 2.47. The monoisotopic (exact) mass is 894 g/mol. The van der Waals surface area contributed by atoms with Crippen molar-refractivity contribution in [2.75, 3.05) is 0 Å². The van der Waals surface area contributed by atoms with E-state index >= 15 is 0 Å². The van der Waals surface area contributed by atoms with Crippen molar-refractivity contribution in [3.63, 3.8) is 0 Å². The van der Waals surface area contributed by atoms with Crippen LogP contribution in [0, 0.1) is 17.8 Å². The maximum Gasteiger partial charge on any atom is 0.308 e. The molecule has 2 fully saturated rings. The van der Waals surface area contributed by atoms with Gasteiger partial charge in [0.25, 0.3) is 0 Å². The summed E-state index contributed by atoms with van der Waals surface area (Å²) in [5.41, 5.74) is 6.05. The van der Waals surface area contributed by atoms with Crippen LogP contribution in [0.1, 0.15) is 86.0 Å². The molecule has 0 aliphatic carbocycles. The SMILES string of the molecule is CC1OC(O[C@H]2/C=C/C=C/C=C/C=C/C=C/C=C/C=C/[C@H](C)[C@@H](O)[C@@H](C)[C@H](C)OC(=O)C[C@H](O)CC(O)CC(O)CC[C@@H](O)[C@H](O)C[C@]3(O)C[C@H](O)[C@@H](C)C(C2)O3)C(O)C(N)C1O. The molecule has 0 aromatic carbocycles. The minimum Gasteiger partial charge on any atom is -0.462 e. The zero-order chi connectivity index (χ0) is 46.9. The van der Waals surface area contributed by atoms with E-state index in [9.17, 15) is 55.9 Å². The molecule has 16 heteroatoms. The molecule has 0 spiro atoms. The highest BCUT2D eigenvalue weighted by atomic mass is 16.7. The number of allylic oxidation sites excluding steroid dienone is 12. The van der Waals surface area contributed by atoms with Gasteiger partial charge in [-0.05, 0) is 39.5 Å². The zero-order valence-corrected chi connectivity index (χ0v) is 37.2. The van der Waals surface area contributed by atoms with Crippen molar-refractivity contribution in [1.82, 2.24) is 0 Å². The molecule has 0 saturated carbocycles.